The maximum atomic E-state index is 11.2. The van der Waals surface area contributed by atoms with Gasteiger partial charge in [0.15, 0.2) is 6.04 Å². The predicted octanol–water partition coefficient (Wildman–Crippen LogP) is -2.01. The number of rotatable bonds is 5. The summed E-state index contributed by atoms with van der Waals surface area (Å²) in [6.07, 6.45) is -1.26. The van der Waals surface area contributed by atoms with Gasteiger partial charge in [0.1, 0.15) is 6.04 Å². The van der Waals surface area contributed by atoms with Crippen LogP contribution in [-0.2, 0) is 9.59 Å². The van der Waals surface area contributed by atoms with Crippen LogP contribution in [0.25, 0.3) is 0 Å². The van der Waals surface area contributed by atoms with Crippen LogP contribution in [0.3, 0.4) is 0 Å². The van der Waals surface area contributed by atoms with Gasteiger partial charge >= 0.3 is 12.0 Å². The number of aliphatic hydroxyl groups excluding tert-OH is 1. The largest absolute Gasteiger partial charge is 0.480 e. The summed E-state index contributed by atoms with van der Waals surface area (Å²) in [6.45, 7) is 2.57. The molecule has 3 unspecified atom stereocenters. The van der Waals surface area contributed by atoms with Crippen molar-refractivity contribution in [3.05, 3.63) is 0 Å². The van der Waals surface area contributed by atoms with Gasteiger partial charge in [-0.05, 0) is 13.8 Å². The zero-order valence-electron chi connectivity index (χ0n) is 8.93. The van der Waals surface area contributed by atoms with Gasteiger partial charge in [-0.1, -0.05) is 0 Å². The normalized spacial score (nSPS) is 15.7. The number of aliphatic carboxylic acids is 1. The molecule has 0 rings (SSSR count). The highest BCUT2D eigenvalue weighted by molar-refractivity contribution is 5.87. The van der Waals surface area contributed by atoms with Crippen LogP contribution in [0.2, 0.25) is 0 Å². The van der Waals surface area contributed by atoms with Crippen LogP contribution >= 0.6 is 0 Å². The number of carbonyl (C=O) groups excluding carboxylic acids is 2. The van der Waals surface area contributed by atoms with Gasteiger partial charge in [-0.15, -0.1) is 0 Å². The molecule has 8 heteroatoms. The quantitative estimate of drug-likeness (QED) is 0.373. The number of carbonyl (C=O) groups is 3. The number of nitrogens with one attached hydrogen (secondary N) is 2. The first-order chi connectivity index (χ1) is 7.25. The Balaban J connectivity index is 4.31. The monoisotopic (exact) mass is 233 g/mol. The highest BCUT2D eigenvalue weighted by Gasteiger charge is 2.25. The fraction of sp³-hybridized carbons (Fsp3) is 0.625. The lowest BCUT2D eigenvalue weighted by atomic mass is 10.2. The molecule has 3 amide bonds. The van der Waals surface area contributed by atoms with E-state index in [0.717, 1.165) is 0 Å². The summed E-state index contributed by atoms with van der Waals surface area (Å²) < 4.78 is 0. The van der Waals surface area contributed by atoms with Gasteiger partial charge < -0.3 is 26.6 Å². The summed E-state index contributed by atoms with van der Waals surface area (Å²) in [5.41, 5.74) is 4.89. The Hall–Kier alpha value is -1.83. The van der Waals surface area contributed by atoms with Crippen molar-refractivity contribution in [1.29, 1.82) is 0 Å². The molecule has 0 radical (unpaired) electrons. The number of primary amides is 1. The summed E-state index contributed by atoms with van der Waals surface area (Å²) in [5.74, 6) is -2.13. The maximum absolute atomic E-state index is 11.2. The average molecular weight is 233 g/mol. The highest BCUT2D eigenvalue weighted by Crippen LogP contribution is 1.93. The fourth-order valence-electron chi connectivity index (χ4n) is 0.839. The lowest BCUT2D eigenvalue weighted by Crippen LogP contribution is -2.54. The Labute approximate surface area is 91.8 Å². The Bertz CT molecular complexity index is 291. The minimum Gasteiger partial charge on any atom is -0.480 e. The lowest BCUT2D eigenvalue weighted by Gasteiger charge is -2.18. The SMILES string of the molecule is CC(NC(=O)NC(C(=O)O)C(C)O)C(N)=O. The fourth-order valence-corrected chi connectivity index (χ4v) is 0.839. The molecule has 0 spiro atoms. The first-order valence-corrected chi connectivity index (χ1v) is 4.53. The standard InChI is InChI=1S/C8H15N3O5/c1-3(6(9)13)10-8(16)11-5(4(2)12)7(14)15/h3-5,12H,1-2H3,(H2,9,13)(H,14,15)(H2,10,11,16). The van der Waals surface area contributed by atoms with E-state index < -0.39 is 36.1 Å². The maximum Gasteiger partial charge on any atom is 0.328 e. The predicted molar refractivity (Wildman–Crippen MR) is 53.4 cm³/mol. The molecule has 0 aromatic rings. The van der Waals surface area contributed by atoms with Crippen LogP contribution in [-0.4, -0.2) is 46.3 Å². The van der Waals surface area contributed by atoms with E-state index >= 15 is 0 Å². The van der Waals surface area contributed by atoms with Gasteiger partial charge in [0.05, 0.1) is 6.10 Å². The third-order valence-corrected chi connectivity index (χ3v) is 1.81. The average Bonchev–Trinajstić information content (AvgIpc) is 2.12. The van der Waals surface area contributed by atoms with E-state index in [0.29, 0.717) is 0 Å². The molecule has 0 heterocycles. The van der Waals surface area contributed by atoms with E-state index in [4.69, 9.17) is 15.9 Å². The number of aliphatic hydroxyl groups is 1. The molecule has 3 atom stereocenters. The Morgan fingerprint density at radius 2 is 1.69 bits per heavy atom. The highest BCUT2D eigenvalue weighted by atomic mass is 16.4. The minimum absolute atomic E-state index is 0.751. The molecular weight excluding hydrogens is 218 g/mol. The van der Waals surface area contributed by atoms with Crippen molar-refractivity contribution in [3.8, 4) is 0 Å². The summed E-state index contributed by atoms with van der Waals surface area (Å²) >= 11 is 0. The second-order valence-electron chi connectivity index (χ2n) is 3.30. The number of hydrogen-bond donors (Lipinski definition) is 5. The smallest absolute Gasteiger partial charge is 0.328 e. The molecule has 0 aromatic heterocycles. The van der Waals surface area contributed by atoms with Crippen LogP contribution in [0.5, 0.6) is 0 Å². The van der Waals surface area contributed by atoms with Crippen molar-refractivity contribution in [2.45, 2.75) is 32.0 Å². The number of carboxylic acids is 1. The molecule has 0 aliphatic heterocycles. The second-order valence-corrected chi connectivity index (χ2v) is 3.30. The molecule has 0 aliphatic carbocycles. The number of hydrogen-bond acceptors (Lipinski definition) is 4. The molecule has 6 N–H and O–H groups in total. The van der Waals surface area contributed by atoms with Crippen LogP contribution < -0.4 is 16.4 Å². The third kappa shape index (κ3) is 4.60. The topological polar surface area (TPSA) is 142 Å². The summed E-state index contributed by atoms with van der Waals surface area (Å²) in [5, 5.41) is 21.8. The van der Waals surface area contributed by atoms with Crippen molar-refractivity contribution in [1.82, 2.24) is 10.6 Å². The van der Waals surface area contributed by atoms with E-state index in [9.17, 15) is 14.4 Å². The number of urea groups is 1. The van der Waals surface area contributed by atoms with Gasteiger partial charge in [0.2, 0.25) is 5.91 Å². The zero-order chi connectivity index (χ0) is 12.9. The van der Waals surface area contributed by atoms with Crippen molar-refractivity contribution in [2.24, 2.45) is 5.73 Å². The lowest BCUT2D eigenvalue weighted by molar-refractivity contribution is -0.141. The van der Waals surface area contributed by atoms with Crippen molar-refractivity contribution in [3.63, 3.8) is 0 Å². The first kappa shape index (κ1) is 14.2. The number of carboxylic acid groups (broad SMARTS) is 1. The second kappa shape index (κ2) is 5.91. The van der Waals surface area contributed by atoms with E-state index in [2.05, 4.69) is 5.32 Å². The molecular formula is C8H15N3O5. The Morgan fingerprint density at radius 3 is 2.00 bits per heavy atom. The van der Waals surface area contributed by atoms with Gasteiger partial charge in [0, 0.05) is 0 Å². The number of nitrogens with two attached hydrogens (primary N) is 1. The molecule has 16 heavy (non-hydrogen) atoms. The van der Waals surface area contributed by atoms with Crippen molar-refractivity contribution < 1.29 is 24.6 Å². The van der Waals surface area contributed by atoms with Crippen molar-refractivity contribution >= 4 is 17.9 Å². The van der Waals surface area contributed by atoms with Gasteiger partial charge in [-0.2, -0.15) is 0 Å². The Morgan fingerprint density at radius 1 is 1.19 bits per heavy atom. The Kier molecular flexibility index (Phi) is 5.23. The van der Waals surface area contributed by atoms with Crippen LogP contribution in [0.1, 0.15) is 13.8 Å². The molecule has 0 aliphatic rings. The molecule has 0 saturated carbocycles. The molecule has 0 saturated heterocycles. The van der Waals surface area contributed by atoms with Crippen LogP contribution in [0, 0.1) is 0 Å². The third-order valence-electron chi connectivity index (χ3n) is 1.81. The molecule has 0 aromatic carbocycles. The van der Waals surface area contributed by atoms with Gasteiger partial charge in [-0.3, -0.25) is 4.79 Å². The molecule has 92 valence electrons. The number of amides is 3. The van der Waals surface area contributed by atoms with Gasteiger partial charge in [-0.25, -0.2) is 9.59 Å². The summed E-state index contributed by atoms with van der Waals surface area (Å²) in [4.78, 5) is 32.4. The van der Waals surface area contributed by atoms with Gasteiger partial charge in [0.25, 0.3) is 0 Å². The summed E-state index contributed by atoms with van der Waals surface area (Å²) in [7, 11) is 0. The van der Waals surface area contributed by atoms with E-state index in [1.165, 1.54) is 13.8 Å². The van der Waals surface area contributed by atoms with E-state index in [1.54, 1.807) is 0 Å². The summed E-state index contributed by atoms with van der Waals surface area (Å²) in [6, 6.07) is -3.26. The van der Waals surface area contributed by atoms with E-state index in [1.807, 2.05) is 5.32 Å². The van der Waals surface area contributed by atoms with Crippen LogP contribution in [0.4, 0.5) is 4.79 Å². The van der Waals surface area contributed by atoms with E-state index in [-0.39, 0.29) is 0 Å². The van der Waals surface area contributed by atoms with Crippen LogP contribution in [0.15, 0.2) is 0 Å². The molecule has 0 fully saturated rings. The first-order valence-electron chi connectivity index (χ1n) is 4.53. The molecule has 8 nitrogen and oxygen atoms in total. The zero-order valence-corrected chi connectivity index (χ0v) is 8.93. The van der Waals surface area contributed by atoms with Crippen molar-refractivity contribution in [2.75, 3.05) is 0 Å². The minimum atomic E-state index is -1.44. The molecule has 0 bridgehead atoms.